The highest BCUT2D eigenvalue weighted by atomic mass is 35.5. The van der Waals surface area contributed by atoms with Crippen molar-refractivity contribution in [1.29, 1.82) is 0 Å². The summed E-state index contributed by atoms with van der Waals surface area (Å²) in [5, 5.41) is 7.33. The Morgan fingerprint density at radius 3 is 2.76 bits per heavy atom. The zero-order valence-electron chi connectivity index (χ0n) is 12.3. The number of methoxy groups -OCH3 is 1. The Labute approximate surface area is 136 Å². The topological polar surface area (TPSA) is 50.4 Å². The van der Waals surface area contributed by atoms with Crippen molar-refractivity contribution >= 4 is 29.1 Å². The van der Waals surface area contributed by atoms with Crippen molar-refractivity contribution in [3.05, 3.63) is 33.8 Å². The number of hydrogen-bond acceptors (Lipinski definition) is 3. The summed E-state index contributed by atoms with van der Waals surface area (Å²) in [6, 6.07) is 5.40. The Hall–Kier alpha value is -0.810. The molecule has 0 aliphatic carbocycles. The van der Waals surface area contributed by atoms with Gasteiger partial charge in [-0.15, -0.1) is 0 Å². The Morgan fingerprint density at radius 1 is 1.24 bits per heavy atom. The molecule has 0 fully saturated rings. The molecule has 1 amide bonds. The molecule has 21 heavy (non-hydrogen) atoms. The minimum atomic E-state index is 0.0410. The van der Waals surface area contributed by atoms with Crippen molar-refractivity contribution in [3.63, 3.8) is 0 Å². The Morgan fingerprint density at radius 2 is 2.05 bits per heavy atom. The summed E-state index contributed by atoms with van der Waals surface area (Å²) < 4.78 is 4.94. The van der Waals surface area contributed by atoms with Crippen LogP contribution in [0.15, 0.2) is 18.2 Å². The molecule has 0 unspecified atom stereocenters. The van der Waals surface area contributed by atoms with Gasteiger partial charge in [-0.1, -0.05) is 29.3 Å². The lowest BCUT2D eigenvalue weighted by atomic mass is 10.1. The molecule has 0 aliphatic rings. The van der Waals surface area contributed by atoms with E-state index < -0.39 is 0 Å². The highest BCUT2D eigenvalue weighted by Crippen LogP contribution is 2.20. The molecule has 2 N–H and O–H groups in total. The molecule has 4 nitrogen and oxygen atoms in total. The second-order valence-electron chi connectivity index (χ2n) is 4.68. The summed E-state index contributed by atoms with van der Waals surface area (Å²) in [6.07, 6.45) is 2.12. The van der Waals surface area contributed by atoms with E-state index in [4.69, 9.17) is 27.9 Å². The van der Waals surface area contributed by atoms with E-state index in [0.717, 1.165) is 25.1 Å². The summed E-state index contributed by atoms with van der Waals surface area (Å²) in [7, 11) is 1.68. The van der Waals surface area contributed by atoms with E-state index in [2.05, 4.69) is 10.6 Å². The van der Waals surface area contributed by atoms with Gasteiger partial charge in [0.15, 0.2) is 0 Å². The first-order valence-corrected chi connectivity index (χ1v) is 7.79. The molecule has 6 heteroatoms. The standard InChI is InChI=1S/C15H22Cl2N2O2/c1-21-10-2-7-18-8-6-15(20)19-9-5-12-3-4-13(16)11-14(12)17/h3-4,11,18H,2,5-10H2,1H3,(H,19,20). The van der Waals surface area contributed by atoms with E-state index in [-0.39, 0.29) is 5.91 Å². The first kappa shape index (κ1) is 18.2. The molecule has 0 heterocycles. The highest BCUT2D eigenvalue weighted by Gasteiger charge is 2.03. The van der Waals surface area contributed by atoms with Crippen LogP contribution in [-0.4, -0.2) is 39.3 Å². The van der Waals surface area contributed by atoms with E-state index in [9.17, 15) is 4.79 Å². The van der Waals surface area contributed by atoms with Crippen LogP contribution < -0.4 is 10.6 Å². The van der Waals surface area contributed by atoms with Crippen LogP contribution in [0.1, 0.15) is 18.4 Å². The SMILES string of the molecule is COCCCNCCC(=O)NCCc1ccc(Cl)cc1Cl. The zero-order valence-corrected chi connectivity index (χ0v) is 13.8. The molecule has 118 valence electrons. The largest absolute Gasteiger partial charge is 0.385 e. The van der Waals surface area contributed by atoms with Gasteiger partial charge in [-0.05, 0) is 37.1 Å². The molecular formula is C15H22Cl2N2O2. The van der Waals surface area contributed by atoms with Gasteiger partial charge in [0, 0.05) is 43.3 Å². The normalized spacial score (nSPS) is 10.6. The molecule has 0 spiro atoms. The van der Waals surface area contributed by atoms with E-state index in [1.165, 1.54) is 0 Å². The predicted molar refractivity (Wildman–Crippen MR) is 87.2 cm³/mol. The molecule has 0 aromatic heterocycles. The average Bonchev–Trinajstić information content (AvgIpc) is 2.45. The minimum Gasteiger partial charge on any atom is -0.385 e. The molecule has 0 saturated carbocycles. The molecule has 0 atom stereocenters. The Kier molecular flexibility index (Phi) is 9.42. The zero-order chi connectivity index (χ0) is 15.5. The van der Waals surface area contributed by atoms with Gasteiger partial charge in [0.1, 0.15) is 0 Å². The maximum absolute atomic E-state index is 11.6. The van der Waals surface area contributed by atoms with Crippen molar-refractivity contribution in [1.82, 2.24) is 10.6 Å². The monoisotopic (exact) mass is 332 g/mol. The number of rotatable bonds is 10. The van der Waals surface area contributed by atoms with Crippen molar-refractivity contribution in [3.8, 4) is 0 Å². The highest BCUT2D eigenvalue weighted by molar-refractivity contribution is 6.35. The van der Waals surface area contributed by atoms with Crippen LogP contribution in [0, 0.1) is 0 Å². The maximum atomic E-state index is 11.6. The second-order valence-corrected chi connectivity index (χ2v) is 5.53. The second kappa shape index (κ2) is 10.9. The van der Waals surface area contributed by atoms with Gasteiger partial charge in [0.05, 0.1) is 0 Å². The molecule has 0 saturated heterocycles. The van der Waals surface area contributed by atoms with E-state index in [0.29, 0.717) is 36.0 Å². The van der Waals surface area contributed by atoms with E-state index >= 15 is 0 Å². The van der Waals surface area contributed by atoms with Crippen LogP contribution >= 0.6 is 23.2 Å². The van der Waals surface area contributed by atoms with Crippen molar-refractivity contribution in [2.45, 2.75) is 19.3 Å². The fourth-order valence-electron chi connectivity index (χ4n) is 1.82. The van der Waals surface area contributed by atoms with Gasteiger partial charge in [0.25, 0.3) is 0 Å². The number of amides is 1. The van der Waals surface area contributed by atoms with Gasteiger partial charge in [-0.3, -0.25) is 4.79 Å². The molecule has 1 rings (SSSR count). The van der Waals surface area contributed by atoms with Crippen LogP contribution in [0.2, 0.25) is 10.0 Å². The van der Waals surface area contributed by atoms with Crippen molar-refractivity contribution in [2.24, 2.45) is 0 Å². The van der Waals surface area contributed by atoms with Crippen LogP contribution in [-0.2, 0) is 16.0 Å². The minimum absolute atomic E-state index is 0.0410. The number of carbonyl (C=O) groups excluding carboxylic acids is 1. The number of nitrogens with one attached hydrogen (secondary N) is 2. The molecule has 1 aromatic rings. The van der Waals surface area contributed by atoms with Crippen LogP contribution in [0.25, 0.3) is 0 Å². The molecule has 1 aromatic carbocycles. The lowest BCUT2D eigenvalue weighted by Crippen LogP contribution is -2.29. The first-order valence-electron chi connectivity index (χ1n) is 7.03. The van der Waals surface area contributed by atoms with Crippen molar-refractivity contribution < 1.29 is 9.53 Å². The van der Waals surface area contributed by atoms with Gasteiger partial charge in [-0.25, -0.2) is 0 Å². The summed E-state index contributed by atoms with van der Waals surface area (Å²) in [4.78, 5) is 11.6. The third-order valence-corrected chi connectivity index (χ3v) is 3.55. The quantitative estimate of drug-likeness (QED) is 0.647. The molecular weight excluding hydrogens is 311 g/mol. The first-order chi connectivity index (χ1) is 10.1. The number of benzene rings is 1. The number of halogens is 2. The summed E-state index contributed by atoms with van der Waals surface area (Å²) in [5.41, 5.74) is 0.985. The van der Waals surface area contributed by atoms with Crippen LogP contribution in [0.4, 0.5) is 0 Å². The van der Waals surface area contributed by atoms with Crippen molar-refractivity contribution in [2.75, 3.05) is 33.4 Å². The fourth-order valence-corrected chi connectivity index (χ4v) is 2.32. The lowest BCUT2D eigenvalue weighted by Gasteiger charge is -2.08. The van der Waals surface area contributed by atoms with E-state index in [1.54, 1.807) is 19.2 Å². The molecule has 0 bridgehead atoms. The summed E-state index contributed by atoms with van der Waals surface area (Å²) in [5.74, 6) is 0.0410. The smallest absolute Gasteiger partial charge is 0.221 e. The maximum Gasteiger partial charge on any atom is 0.221 e. The third kappa shape index (κ3) is 8.27. The van der Waals surface area contributed by atoms with Crippen LogP contribution in [0.3, 0.4) is 0 Å². The van der Waals surface area contributed by atoms with E-state index in [1.807, 2.05) is 6.07 Å². The molecule has 0 aliphatic heterocycles. The van der Waals surface area contributed by atoms with Gasteiger partial charge >= 0.3 is 0 Å². The van der Waals surface area contributed by atoms with Gasteiger partial charge in [-0.2, -0.15) is 0 Å². The summed E-state index contributed by atoms with van der Waals surface area (Å²) in [6.45, 7) is 2.85. The molecule has 0 radical (unpaired) electrons. The number of carbonyl (C=O) groups is 1. The predicted octanol–water partition coefficient (Wildman–Crippen LogP) is 2.67. The number of ether oxygens (including phenoxy) is 1. The van der Waals surface area contributed by atoms with Gasteiger partial charge < -0.3 is 15.4 Å². The van der Waals surface area contributed by atoms with Crippen LogP contribution in [0.5, 0.6) is 0 Å². The Bertz CT molecular complexity index is 442. The fraction of sp³-hybridized carbons (Fsp3) is 0.533. The van der Waals surface area contributed by atoms with Gasteiger partial charge in [0.2, 0.25) is 5.91 Å². The third-order valence-electron chi connectivity index (χ3n) is 2.96. The number of hydrogen-bond donors (Lipinski definition) is 2. The summed E-state index contributed by atoms with van der Waals surface area (Å²) >= 11 is 11.9. The Balaban J connectivity index is 2.10. The lowest BCUT2D eigenvalue weighted by molar-refractivity contribution is -0.120. The average molecular weight is 333 g/mol.